The molecular formula is C26H30N2O4. The fourth-order valence-corrected chi connectivity index (χ4v) is 4.39. The van der Waals surface area contributed by atoms with E-state index in [-0.39, 0.29) is 11.8 Å². The van der Waals surface area contributed by atoms with E-state index >= 15 is 0 Å². The number of benzene rings is 2. The molecular weight excluding hydrogens is 404 g/mol. The van der Waals surface area contributed by atoms with Crippen molar-refractivity contribution in [3.8, 4) is 11.5 Å². The van der Waals surface area contributed by atoms with E-state index in [4.69, 9.17) is 9.47 Å². The topological polar surface area (TPSA) is 59.1 Å². The minimum Gasteiger partial charge on any atom is -0.497 e. The summed E-state index contributed by atoms with van der Waals surface area (Å²) in [6, 6.07) is 14.5. The fourth-order valence-electron chi connectivity index (χ4n) is 4.39. The molecule has 0 spiro atoms. The van der Waals surface area contributed by atoms with Crippen LogP contribution in [0, 0.1) is 5.92 Å². The number of methoxy groups -OCH3 is 1. The van der Waals surface area contributed by atoms with E-state index in [1.807, 2.05) is 43.3 Å². The van der Waals surface area contributed by atoms with Crippen molar-refractivity contribution in [2.45, 2.75) is 33.1 Å². The molecule has 4 rings (SSSR count). The number of hydrogen-bond donors (Lipinski definition) is 0. The molecule has 2 heterocycles. The molecule has 1 saturated heterocycles. The van der Waals surface area contributed by atoms with Crippen molar-refractivity contribution in [2.75, 3.05) is 31.7 Å². The molecule has 1 fully saturated rings. The second-order valence-electron chi connectivity index (χ2n) is 8.44. The fraction of sp³-hybridized carbons (Fsp3) is 0.385. The summed E-state index contributed by atoms with van der Waals surface area (Å²) in [5.74, 6) is 1.24. The number of amides is 2. The molecule has 0 N–H and O–H groups in total. The second-order valence-corrected chi connectivity index (χ2v) is 8.44. The number of anilines is 1. The van der Waals surface area contributed by atoms with Gasteiger partial charge >= 0.3 is 0 Å². The van der Waals surface area contributed by atoms with Crippen LogP contribution >= 0.6 is 0 Å². The van der Waals surface area contributed by atoms with Crippen LogP contribution in [0.4, 0.5) is 5.69 Å². The van der Waals surface area contributed by atoms with E-state index in [1.165, 1.54) is 4.90 Å². The number of nitrogens with zero attached hydrogens (tertiary/aromatic N) is 2. The summed E-state index contributed by atoms with van der Waals surface area (Å²) in [7, 11) is 1.61. The van der Waals surface area contributed by atoms with E-state index in [1.54, 1.807) is 19.2 Å². The average molecular weight is 435 g/mol. The van der Waals surface area contributed by atoms with Crippen LogP contribution in [0.1, 0.15) is 38.7 Å². The average Bonchev–Trinajstić information content (AvgIpc) is 3.07. The van der Waals surface area contributed by atoms with Gasteiger partial charge in [0.05, 0.1) is 25.0 Å². The summed E-state index contributed by atoms with van der Waals surface area (Å²) < 4.78 is 11.0. The first kappa shape index (κ1) is 21.9. The Kier molecular flexibility index (Phi) is 6.49. The number of rotatable bonds is 7. The Labute approximate surface area is 189 Å². The van der Waals surface area contributed by atoms with Gasteiger partial charge in [-0.2, -0.15) is 0 Å². The Hall–Kier alpha value is -3.28. The largest absolute Gasteiger partial charge is 0.497 e. The first-order valence-electron chi connectivity index (χ1n) is 11.3. The number of piperidine rings is 1. The number of ether oxygens (including phenoxy) is 2. The van der Waals surface area contributed by atoms with Crippen LogP contribution in [0.2, 0.25) is 0 Å². The summed E-state index contributed by atoms with van der Waals surface area (Å²) in [4.78, 5) is 30.7. The molecule has 0 saturated carbocycles. The van der Waals surface area contributed by atoms with Gasteiger partial charge in [0, 0.05) is 19.2 Å². The molecule has 2 aliphatic heterocycles. The lowest BCUT2D eigenvalue weighted by Gasteiger charge is -2.33. The highest BCUT2D eigenvalue weighted by atomic mass is 16.5. The van der Waals surface area contributed by atoms with Gasteiger partial charge in [-0.25, -0.2) is 4.90 Å². The molecule has 6 nitrogen and oxygen atoms in total. The van der Waals surface area contributed by atoms with Crippen molar-refractivity contribution in [3.05, 3.63) is 59.8 Å². The van der Waals surface area contributed by atoms with Gasteiger partial charge in [-0.1, -0.05) is 32.0 Å². The van der Waals surface area contributed by atoms with Gasteiger partial charge in [0.25, 0.3) is 11.8 Å². The van der Waals surface area contributed by atoms with Gasteiger partial charge in [0.15, 0.2) is 0 Å². The summed E-state index contributed by atoms with van der Waals surface area (Å²) in [5.41, 5.74) is 2.19. The molecule has 0 radical (unpaired) electrons. The van der Waals surface area contributed by atoms with Crippen LogP contribution < -0.4 is 14.4 Å². The van der Waals surface area contributed by atoms with E-state index < -0.39 is 0 Å². The maximum atomic E-state index is 13.7. The Bertz CT molecular complexity index is 1030. The normalized spacial score (nSPS) is 19.0. The van der Waals surface area contributed by atoms with Crippen molar-refractivity contribution in [1.82, 2.24) is 4.90 Å². The quantitative estimate of drug-likeness (QED) is 0.601. The number of carbonyl (C=O) groups is 2. The van der Waals surface area contributed by atoms with Crippen LogP contribution in [0.3, 0.4) is 0 Å². The number of hydrogen-bond acceptors (Lipinski definition) is 5. The molecule has 0 aliphatic carbocycles. The molecule has 32 heavy (non-hydrogen) atoms. The second kappa shape index (κ2) is 9.47. The highest BCUT2D eigenvalue weighted by Gasteiger charge is 2.43. The molecule has 2 aromatic rings. The van der Waals surface area contributed by atoms with Crippen molar-refractivity contribution in [2.24, 2.45) is 5.92 Å². The monoisotopic (exact) mass is 434 g/mol. The van der Waals surface area contributed by atoms with Crippen molar-refractivity contribution < 1.29 is 19.1 Å². The van der Waals surface area contributed by atoms with Gasteiger partial charge < -0.3 is 14.4 Å². The zero-order valence-corrected chi connectivity index (χ0v) is 19.0. The molecule has 6 heteroatoms. The van der Waals surface area contributed by atoms with Crippen LogP contribution in [0.25, 0.3) is 5.57 Å². The zero-order valence-electron chi connectivity index (χ0n) is 19.0. The van der Waals surface area contributed by atoms with Gasteiger partial charge in [0.1, 0.15) is 17.2 Å². The van der Waals surface area contributed by atoms with E-state index in [0.717, 1.165) is 37.9 Å². The lowest BCUT2D eigenvalue weighted by Crippen LogP contribution is -2.39. The van der Waals surface area contributed by atoms with E-state index in [0.29, 0.717) is 41.0 Å². The summed E-state index contributed by atoms with van der Waals surface area (Å²) in [5, 5.41) is 0. The Morgan fingerprint density at radius 2 is 1.81 bits per heavy atom. The summed E-state index contributed by atoms with van der Waals surface area (Å²) in [6.07, 6.45) is 3.01. The van der Waals surface area contributed by atoms with Gasteiger partial charge in [0.2, 0.25) is 0 Å². The molecule has 2 aromatic carbocycles. The predicted octanol–water partition coefficient (Wildman–Crippen LogP) is 4.50. The predicted molar refractivity (Wildman–Crippen MR) is 125 cm³/mol. The highest BCUT2D eigenvalue weighted by Crippen LogP contribution is 2.37. The van der Waals surface area contributed by atoms with Crippen LogP contribution in [-0.2, 0) is 9.59 Å². The number of carbonyl (C=O) groups excluding carboxylic acids is 2. The van der Waals surface area contributed by atoms with Crippen LogP contribution in [-0.4, -0.2) is 43.5 Å². The van der Waals surface area contributed by atoms with Gasteiger partial charge in [-0.05, 0) is 55.0 Å². The Balaban J connectivity index is 1.76. The molecule has 2 aliphatic rings. The van der Waals surface area contributed by atoms with Gasteiger partial charge in [-0.15, -0.1) is 0 Å². The number of likely N-dealkylation sites (tertiary alicyclic amines) is 1. The Morgan fingerprint density at radius 3 is 2.50 bits per heavy atom. The molecule has 0 bridgehead atoms. The SMILES string of the molecule is CCCOc1cccc(N2C(=O)C(c3ccc(OC)cc3)=C(N3CCCC(C)C3)C2=O)c1. The van der Waals surface area contributed by atoms with Crippen molar-refractivity contribution in [3.63, 3.8) is 0 Å². The van der Waals surface area contributed by atoms with Gasteiger partial charge in [-0.3, -0.25) is 9.59 Å². The minimum absolute atomic E-state index is 0.275. The number of imide groups is 1. The summed E-state index contributed by atoms with van der Waals surface area (Å²) >= 11 is 0. The van der Waals surface area contributed by atoms with E-state index in [9.17, 15) is 9.59 Å². The zero-order chi connectivity index (χ0) is 22.7. The molecule has 1 unspecified atom stereocenters. The molecule has 168 valence electrons. The maximum absolute atomic E-state index is 13.7. The molecule has 1 atom stereocenters. The third-order valence-corrected chi connectivity index (χ3v) is 5.96. The minimum atomic E-state index is -0.305. The Morgan fingerprint density at radius 1 is 1.03 bits per heavy atom. The standard InChI is InChI=1S/C26H30N2O4/c1-4-15-32-22-9-5-8-20(16-22)28-25(29)23(19-10-12-21(31-3)13-11-19)24(26(28)30)27-14-6-7-18(2)17-27/h5,8-13,16,18H,4,6-7,14-15,17H2,1-3H3. The van der Waals surface area contributed by atoms with Crippen LogP contribution in [0.5, 0.6) is 11.5 Å². The lowest BCUT2D eigenvalue weighted by molar-refractivity contribution is -0.120. The summed E-state index contributed by atoms with van der Waals surface area (Å²) in [6.45, 7) is 6.34. The van der Waals surface area contributed by atoms with Crippen LogP contribution in [0.15, 0.2) is 54.2 Å². The first-order chi connectivity index (χ1) is 15.5. The third-order valence-electron chi connectivity index (χ3n) is 5.96. The first-order valence-corrected chi connectivity index (χ1v) is 11.3. The van der Waals surface area contributed by atoms with Crippen molar-refractivity contribution >= 4 is 23.1 Å². The maximum Gasteiger partial charge on any atom is 0.282 e. The van der Waals surface area contributed by atoms with Crippen molar-refractivity contribution in [1.29, 1.82) is 0 Å². The van der Waals surface area contributed by atoms with E-state index in [2.05, 4.69) is 11.8 Å². The third kappa shape index (κ3) is 4.22. The molecule has 0 aromatic heterocycles. The molecule has 2 amide bonds. The lowest BCUT2D eigenvalue weighted by atomic mass is 9.98. The highest BCUT2D eigenvalue weighted by molar-refractivity contribution is 6.45. The smallest absolute Gasteiger partial charge is 0.282 e.